The first kappa shape index (κ1) is 14.6. The van der Waals surface area contributed by atoms with Gasteiger partial charge < -0.3 is 4.74 Å². The number of non-ortho nitro benzene ring substituents is 2. The molecule has 4 aromatic rings. The predicted octanol–water partition coefficient (Wildman–Crippen LogP) is 3.05. The molecule has 11 nitrogen and oxygen atoms in total. The zero-order valence-corrected chi connectivity index (χ0v) is 12.3. The molecule has 0 aliphatic rings. The van der Waals surface area contributed by atoms with Gasteiger partial charge in [0.05, 0.1) is 31.7 Å². The van der Waals surface area contributed by atoms with E-state index >= 15 is 0 Å². The van der Waals surface area contributed by atoms with Crippen LogP contribution in [0.25, 0.3) is 21.8 Å². The van der Waals surface area contributed by atoms with Gasteiger partial charge in [-0.25, -0.2) is 0 Å². The van der Waals surface area contributed by atoms with Gasteiger partial charge in [-0.05, 0) is 12.1 Å². The molecule has 2 heterocycles. The SMILES string of the molecule is O=[N+]([O-])c1ccc2c(Oc3n[nH]c4cc([N+](=O)[O-])ccc34)n[nH]c2c1. The summed E-state index contributed by atoms with van der Waals surface area (Å²) in [6.45, 7) is 0. The quantitative estimate of drug-likeness (QED) is 0.427. The maximum Gasteiger partial charge on any atom is 0.271 e. The summed E-state index contributed by atoms with van der Waals surface area (Å²) in [7, 11) is 0. The monoisotopic (exact) mass is 340 g/mol. The van der Waals surface area contributed by atoms with Crippen molar-refractivity contribution in [3.05, 3.63) is 56.6 Å². The first-order valence-electron chi connectivity index (χ1n) is 6.96. The maximum atomic E-state index is 10.8. The Morgan fingerprint density at radius 3 is 1.64 bits per heavy atom. The molecule has 0 radical (unpaired) electrons. The molecule has 0 atom stereocenters. The second-order valence-corrected chi connectivity index (χ2v) is 5.13. The van der Waals surface area contributed by atoms with Crippen LogP contribution in [0.5, 0.6) is 11.8 Å². The fourth-order valence-corrected chi connectivity index (χ4v) is 2.44. The van der Waals surface area contributed by atoms with Gasteiger partial charge in [0.25, 0.3) is 11.4 Å². The topological polar surface area (TPSA) is 153 Å². The predicted molar refractivity (Wildman–Crippen MR) is 85.6 cm³/mol. The van der Waals surface area contributed by atoms with Gasteiger partial charge >= 0.3 is 0 Å². The largest absolute Gasteiger partial charge is 0.416 e. The highest BCUT2D eigenvalue weighted by molar-refractivity contribution is 5.88. The number of nitrogens with zero attached hydrogens (tertiary/aromatic N) is 4. The summed E-state index contributed by atoms with van der Waals surface area (Å²) in [4.78, 5) is 20.6. The highest BCUT2D eigenvalue weighted by Gasteiger charge is 2.16. The number of ether oxygens (including phenoxy) is 1. The second-order valence-electron chi connectivity index (χ2n) is 5.13. The molecular weight excluding hydrogens is 332 g/mol. The Kier molecular flexibility index (Phi) is 3.07. The summed E-state index contributed by atoms with van der Waals surface area (Å²) < 4.78 is 5.66. The third-order valence-corrected chi connectivity index (χ3v) is 3.64. The third kappa shape index (κ3) is 2.39. The van der Waals surface area contributed by atoms with Gasteiger partial charge in [-0.15, -0.1) is 10.2 Å². The minimum absolute atomic E-state index is 0.0692. The standard InChI is InChI=1S/C14H8N6O5/c21-19(22)7-1-3-9-11(5-7)15-17-13(9)25-14-10-4-2-8(20(23)24)6-12(10)16-18-14/h1-6H,(H,15,17)(H,16,18). The van der Waals surface area contributed by atoms with Crippen LogP contribution < -0.4 is 4.74 Å². The molecule has 2 N–H and O–H groups in total. The van der Waals surface area contributed by atoms with E-state index in [1.165, 1.54) is 36.4 Å². The summed E-state index contributed by atoms with van der Waals surface area (Å²) in [5.41, 5.74) is 0.750. The van der Waals surface area contributed by atoms with Gasteiger partial charge in [0.2, 0.25) is 11.8 Å². The summed E-state index contributed by atoms with van der Waals surface area (Å²) >= 11 is 0. The van der Waals surface area contributed by atoms with Crippen LogP contribution in [0.3, 0.4) is 0 Å². The molecule has 11 heteroatoms. The molecule has 2 aromatic carbocycles. The van der Waals surface area contributed by atoms with Crippen molar-refractivity contribution >= 4 is 33.2 Å². The summed E-state index contributed by atoms with van der Waals surface area (Å²) in [5, 5.41) is 36.0. The number of benzene rings is 2. The van der Waals surface area contributed by atoms with E-state index in [9.17, 15) is 20.2 Å². The number of H-pyrrole nitrogens is 2. The molecule has 0 saturated carbocycles. The van der Waals surface area contributed by atoms with Crippen LogP contribution in [0.4, 0.5) is 11.4 Å². The highest BCUT2D eigenvalue weighted by Crippen LogP contribution is 2.33. The van der Waals surface area contributed by atoms with E-state index < -0.39 is 9.85 Å². The zero-order chi connectivity index (χ0) is 17.6. The number of rotatable bonds is 4. The number of nitro groups is 2. The minimum Gasteiger partial charge on any atom is -0.416 e. The van der Waals surface area contributed by atoms with Gasteiger partial charge in [-0.3, -0.25) is 30.4 Å². The van der Waals surface area contributed by atoms with E-state index in [1.807, 2.05) is 0 Å². The number of nitrogens with one attached hydrogen (secondary N) is 2. The first-order valence-corrected chi connectivity index (χ1v) is 6.96. The molecular formula is C14H8N6O5. The van der Waals surface area contributed by atoms with Crippen molar-refractivity contribution in [3.63, 3.8) is 0 Å². The molecule has 2 aromatic heterocycles. The van der Waals surface area contributed by atoms with Gasteiger partial charge in [0.1, 0.15) is 0 Å². The first-order chi connectivity index (χ1) is 12.0. The molecule has 0 saturated heterocycles. The van der Waals surface area contributed by atoms with Gasteiger partial charge in [-0.2, -0.15) is 0 Å². The molecule has 0 unspecified atom stereocenters. The summed E-state index contributed by atoms with van der Waals surface area (Å²) in [6.07, 6.45) is 0. The molecule has 0 aliphatic heterocycles. The number of nitro benzene ring substituents is 2. The molecule has 0 amide bonds. The average Bonchev–Trinajstić information content (AvgIpc) is 3.18. The number of aromatic nitrogens is 4. The molecule has 0 fully saturated rings. The van der Waals surface area contributed by atoms with E-state index in [1.54, 1.807) is 0 Å². The Balaban J connectivity index is 1.73. The van der Waals surface area contributed by atoms with Crippen LogP contribution in [-0.4, -0.2) is 30.2 Å². The lowest BCUT2D eigenvalue weighted by Gasteiger charge is -1.99. The van der Waals surface area contributed by atoms with E-state index in [0.29, 0.717) is 21.8 Å². The highest BCUT2D eigenvalue weighted by atomic mass is 16.6. The van der Waals surface area contributed by atoms with Crippen molar-refractivity contribution in [2.45, 2.75) is 0 Å². The number of hydrogen-bond acceptors (Lipinski definition) is 7. The van der Waals surface area contributed by atoms with Crippen LogP contribution in [0.1, 0.15) is 0 Å². The van der Waals surface area contributed by atoms with E-state index in [4.69, 9.17) is 4.74 Å². The van der Waals surface area contributed by atoms with Crippen LogP contribution in [0.2, 0.25) is 0 Å². The lowest BCUT2D eigenvalue weighted by atomic mass is 10.2. The van der Waals surface area contributed by atoms with Crippen molar-refractivity contribution in [2.75, 3.05) is 0 Å². The lowest BCUT2D eigenvalue weighted by molar-refractivity contribution is -0.384. The Hall–Kier alpha value is -4.02. The van der Waals surface area contributed by atoms with Crippen LogP contribution in [0, 0.1) is 20.2 Å². The number of hydrogen-bond donors (Lipinski definition) is 2. The third-order valence-electron chi connectivity index (χ3n) is 3.64. The molecule has 0 spiro atoms. The molecule has 0 bridgehead atoms. The summed E-state index contributed by atoms with van der Waals surface area (Å²) in [5.74, 6) is 0.383. The number of fused-ring (bicyclic) bond motifs is 2. The van der Waals surface area contributed by atoms with Crippen molar-refractivity contribution < 1.29 is 14.6 Å². The zero-order valence-electron chi connectivity index (χ0n) is 12.3. The average molecular weight is 340 g/mol. The Bertz CT molecular complexity index is 1060. The second kappa shape index (κ2) is 5.26. The van der Waals surface area contributed by atoms with Crippen LogP contribution >= 0.6 is 0 Å². The fraction of sp³-hybridized carbons (Fsp3) is 0. The van der Waals surface area contributed by atoms with Gasteiger partial charge in [-0.1, -0.05) is 0 Å². The maximum absolute atomic E-state index is 10.8. The lowest BCUT2D eigenvalue weighted by Crippen LogP contribution is -1.88. The summed E-state index contributed by atoms with van der Waals surface area (Å²) in [6, 6.07) is 8.42. The smallest absolute Gasteiger partial charge is 0.271 e. The van der Waals surface area contributed by atoms with E-state index in [-0.39, 0.29) is 23.1 Å². The van der Waals surface area contributed by atoms with E-state index in [0.717, 1.165) is 0 Å². The van der Waals surface area contributed by atoms with Crippen molar-refractivity contribution in [1.29, 1.82) is 0 Å². The Morgan fingerprint density at radius 2 is 1.24 bits per heavy atom. The van der Waals surface area contributed by atoms with Crippen LogP contribution in [0.15, 0.2) is 36.4 Å². The normalized spacial score (nSPS) is 11.0. The number of aromatic amines is 2. The Morgan fingerprint density at radius 1 is 0.800 bits per heavy atom. The molecule has 124 valence electrons. The minimum atomic E-state index is -0.505. The van der Waals surface area contributed by atoms with Crippen LogP contribution in [-0.2, 0) is 0 Å². The fourth-order valence-electron chi connectivity index (χ4n) is 2.44. The van der Waals surface area contributed by atoms with Gasteiger partial charge in [0.15, 0.2) is 0 Å². The van der Waals surface area contributed by atoms with Gasteiger partial charge in [0, 0.05) is 24.3 Å². The molecule has 25 heavy (non-hydrogen) atoms. The Labute approximate surface area is 137 Å². The molecule has 4 rings (SSSR count). The van der Waals surface area contributed by atoms with Crippen molar-refractivity contribution in [1.82, 2.24) is 20.4 Å². The molecule has 0 aliphatic carbocycles. The van der Waals surface area contributed by atoms with E-state index in [2.05, 4.69) is 20.4 Å². The van der Waals surface area contributed by atoms with Crippen molar-refractivity contribution in [3.8, 4) is 11.8 Å². The van der Waals surface area contributed by atoms with Crippen molar-refractivity contribution in [2.24, 2.45) is 0 Å².